The summed E-state index contributed by atoms with van der Waals surface area (Å²) in [5.74, 6) is 0. The molecule has 1 nitrogen and oxygen atoms in total. The molecule has 0 unspecified atom stereocenters. The van der Waals surface area contributed by atoms with Crippen LogP contribution in [0.2, 0.25) is 0 Å². The van der Waals surface area contributed by atoms with E-state index in [2.05, 4.69) is 51.6 Å². The van der Waals surface area contributed by atoms with Crippen molar-refractivity contribution in [3.8, 4) is 0 Å². The van der Waals surface area contributed by atoms with Crippen LogP contribution in [0.25, 0.3) is 5.57 Å². The summed E-state index contributed by atoms with van der Waals surface area (Å²) >= 11 is 3.49. The van der Waals surface area contributed by atoms with Gasteiger partial charge in [-0.3, -0.25) is 0 Å². The Morgan fingerprint density at radius 1 is 1.29 bits per heavy atom. The van der Waals surface area contributed by atoms with E-state index in [1.165, 1.54) is 11.1 Å². The monoisotopic (exact) mass is 273 g/mol. The van der Waals surface area contributed by atoms with Crippen LogP contribution in [0.15, 0.2) is 34.8 Å². The van der Waals surface area contributed by atoms with Crippen LogP contribution in [0.3, 0.4) is 0 Å². The van der Waals surface area contributed by atoms with E-state index in [0.717, 1.165) is 24.0 Å². The predicted molar refractivity (Wildman–Crippen MR) is 66.9 cm³/mol. The lowest BCUT2D eigenvalue weighted by Gasteiger charge is -2.14. The van der Waals surface area contributed by atoms with Gasteiger partial charge in [-0.1, -0.05) is 34.1 Å². The van der Waals surface area contributed by atoms with Crippen molar-refractivity contribution in [2.75, 3.05) is 13.1 Å². The third-order valence-corrected chi connectivity index (χ3v) is 2.75. The van der Waals surface area contributed by atoms with E-state index in [0.29, 0.717) is 0 Å². The summed E-state index contributed by atoms with van der Waals surface area (Å²) in [5.41, 5.74) is 2.80. The molecule has 0 amide bonds. The van der Waals surface area contributed by atoms with Crippen LogP contribution in [0.4, 0.5) is 0 Å². The van der Waals surface area contributed by atoms with Gasteiger partial charge in [0.25, 0.3) is 0 Å². The van der Waals surface area contributed by atoms with Crippen LogP contribution < -0.4 is 5.32 Å². The lowest BCUT2D eigenvalue weighted by atomic mass is 10.0. The van der Waals surface area contributed by atoms with Crippen LogP contribution >= 0.6 is 28.3 Å². The van der Waals surface area contributed by atoms with Gasteiger partial charge in [-0.05, 0) is 36.2 Å². The highest BCUT2D eigenvalue weighted by Gasteiger charge is 2.04. The molecular formula is C11H13BrClN. The summed E-state index contributed by atoms with van der Waals surface area (Å²) in [6.45, 7) is 2.10. The molecule has 0 radical (unpaired) electrons. The largest absolute Gasteiger partial charge is 0.313 e. The van der Waals surface area contributed by atoms with Gasteiger partial charge >= 0.3 is 0 Å². The van der Waals surface area contributed by atoms with Crippen molar-refractivity contribution in [3.63, 3.8) is 0 Å². The Balaban J connectivity index is 0.000000980. The molecule has 1 N–H and O–H groups in total. The van der Waals surface area contributed by atoms with Crippen molar-refractivity contribution < 1.29 is 0 Å². The molecule has 1 aromatic rings. The fourth-order valence-electron chi connectivity index (χ4n) is 1.57. The molecule has 1 aliphatic heterocycles. The van der Waals surface area contributed by atoms with Gasteiger partial charge in [-0.2, -0.15) is 0 Å². The molecule has 76 valence electrons. The average molecular weight is 275 g/mol. The summed E-state index contributed by atoms with van der Waals surface area (Å²) in [7, 11) is 0. The topological polar surface area (TPSA) is 12.0 Å². The fraction of sp³-hybridized carbons (Fsp3) is 0.273. The number of halogens is 2. The zero-order chi connectivity index (χ0) is 9.10. The van der Waals surface area contributed by atoms with E-state index >= 15 is 0 Å². The predicted octanol–water partition coefficient (Wildman–Crippen LogP) is 3.25. The Kier molecular flexibility index (Phi) is 4.66. The average Bonchev–Trinajstić information content (AvgIpc) is 2.19. The number of benzene rings is 1. The van der Waals surface area contributed by atoms with Gasteiger partial charge in [0, 0.05) is 11.0 Å². The molecule has 1 aromatic carbocycles. The zero-order valence-corrected chi connectivity index (χ0v) is 10.2. The molecular weight excluding hydrogens is 261 g/mol. The van der Waals surface area contributed by atoms with Crippen LogP contribution in [0.1, 0.15) is 12.0 Å². The van der Waals surface area contributed by atoms with Gasteiger partial charge in [0.1, 0.15) is 0 Å². The first-order valence-electron chi connectivity index (χ1n) is 4.52. The van der Waals surface area contributed by atoms with Gasteiger partial charge < -0.3 is 5.32 Å². The minimum atomic E-state index is 0. The number of rotatable bonds is 1. The summed E-state index contributed by atoms with van der Waals surface area (Å²) in [5, 5.41) is 3.31. The summed E-state index contributed by atoms with van der Waals surface area (Å²) in [6, 6.07) is 8.49. The lowest BCUT2D eigenvalue weighted by molar-refractivity contribution is 0.738. The first kappa shape index (κ1) is 11.8. The minimum Gasteiger partial charge on any atom is -0.313 e. The lowest BCUT2D eigenvalue weighted by Crippen LogP contribution is -2.19. The third kappa shape index (κ3) is 2.84. The molecule has 3 heteroatoms. The van der Waals surface area contributed by atoms with Gasteiger partial charge in [0.2, 0.25) is 0 Å². The highest BCUT2D eigenvalue weighted by molar-refractivity contribution is 9.10. The van der Waals surface area contributed by atoms with E-state index in [1.54, 1.807) is 0 Å². The van der Waals surface area contributed by atoms with Crippen LogP contribution in [-0.4, -0.2) is 13.1 Å². The zero-order valence-electron chi connectivity index (χ0n) is 7.79. The summed E-state index contributed by atoms with van der Waals surface area (Å²) in [6.07, 6.45) is 3.40. The van der Waals surface area contributed by atoms with Crippen molar-refractivity contribution in [1.29, 1.82) is 0 Å². The molecule has 0 aromatic heterocycles. The smallest absolute Gasteiger partial charge is 0.0181 e. The van der Waals surface area contributed by atoms with E-state index in [4.69, 9.17) is 0 Å². The van der Waals surface area contributed by atoms with Crippen molar-refractivity contribution in [2.45, 2.75) is 6.42 Å². The quantitative estimate of drug-likeness (QED) is 0.829. The normalized spacial score (nSPS) is 15.6. The molecule has 2 rings (SSSR count). The van der Waals surface area contributed by atoms with Gasteiger partial charge in [0.15, 0.2) is 0 Å². The van der Waals surface area contributed by atoms with Crippen molar-refractivity contribution in [1.82, 2.24) is 5.32 Å². The Labute approximate surface area is 99.1 Å². The van der Waals surface area contributed by atoms with Gasteiger partial charge in [0.05, 0.1) is 0 Å². The highest BCUT2D eigenvalue weighted by Crippen LogP contribution is 2.22. The molecule has 1 heterocycles. The SMILES string of the molecule is Brc1cccc(C2=CCNCC2)c1.Cl. The first-order chi connectivity index (χ1) is 6.36. The van der Waals surface area contributed by atoms with Gasteiger partial charge in [-0.25, -0.2) is 0 Å². The maximum atomic E-state index is 3.49. The second kappa shape index (κ2) is 5.54. The minimum absolute atomic E-state index is 0. The van der Waals surface area contributed by atoms with Gasteiger partial charge in [-0.15, -0.1) is 12.4 Å². The standard InChI is InChI=1S/C11H12BrN.ClH/c12-11-3-1-2-10(8-11)9-4-6-13-7-5-9;/h1-4,8,13H,5-7H2;1H. The van der Waals surface area contributed by atoms with Crippen LogP contribution in [0.5, 0.6) is 0 Å². The maximum Gasteiger partial charge on any atom is 0.0181 e. The first-order valence-corrected chi connectivity index (χ1v) is 5.31. The molecule has 14 heavy (non-hydrogen) atoms. The molecule has 0 fully saturated rings. The number of nitrogens with one attached hydrogen (secondary N) is 1. The number of hydrogen-bond acceptors (Lipinski definition) is 1. The molecule has 0 atom stereocenters. The van der Waals surface area contributed by atoms with Crippen LogP contribution in [0, 0.1) is 0 Å². The number of hydrogen-bond donors (Lipinski definition) is 1. The molecule has 0 spiro atoms. The second-order valence-corrected chi connectivity index (χ2v) is 4.11. The Bertz CT molecular complexity index is 336. The highest BCUT2D eigenvalue weighted by atomic mass is 79.9. The maximum absolute atomic E-state index is 3.49. The molecule has 1 aliphatic rings. The summed E-state index contributed by atoms with van der Waals surface area (Å²) in [4.78, 5) is 0. The Hall–Kier alpha value is -0.310. The van der Waals surface area contributed by atoms with E-state index in [9.17, 15) is 0 Å². The van der Waals surface area contributed by atoms with Crippen molar-refractivity contribution >= 4 is 33.9 Å². The Morgan fingerprint density at radius 3 is 2.79 bits per heavy atom. The van der Waals surface area contributed by atoms with E-state index in [-0.39, 0.29) is 12.4 Å². The summed E-state index contributed by atoms with van der Waals surface area (Å²) < 4.78 is 1.16. The van der Waals surface area contributed by atoms with E-state index in [1.807, 2.05) is 0 Å². The molecule has 0 bridgehead atoms. The van der Waals surface area contributed by atoms with Crippen LogP contribution in [-0.2, 0) is 0 Å². The van der Waals surface area contributed by atoms with Crippen molar-refractivity contribution in [3.05, 3.63) is 40.4 Å². The molecule has 0 aliphatic carbocycles. The Morgan fingerprint density at radius 2 is 2.14 bits per heavy atom. The fourth-order valence-corrected chi connectivity index (χ4v) is 1.97. The third-order valence-electron chi connectivity index (χ3n) is 2.26. The van der Waals surface area contributed by atoms with Crippen molar-refractivity contribution in [2.24, 2.45) is 0 Å². The molecule has 0 saturated carbocycles. The van der Waals surface area contributed by atoms with E-state index < -0.39 is 0 Å². The molecule has 0 saturated heterocycles. The second-order valence-electron chi connectivity index (χ2n) is 3.19.